The molecule has 1 aromatic rings. The number of carbonyl (C=O) groups is 1. The number of carboxylic acid groups (broad SMARTS) is 1. The van der Waals surface area contributed by atoms with Gasteiger partial charge >= 0.3 is 5.97 Å². The number of halogens is 1. The summed E-state index contributed by atoms with van der Waals surface area (Å²) in [7, 11) is 3.16. The van der Waals surface area contributed by atoms with Gasteiger partial charge in [-0.25, -0.2) is 0 Å². The second-order valence-electron chi connectivity index (χ2n) is 5.43. The third-order valence-electron chi connectivity index (χ3n) is 3.89. The number of methoxy groups -OCH3 is 2. The van der Waals surface area contributed by atoms with Gasteiger partial charge in [0.2, 0.25) is 0 Å². The number of benzene rings is 1. The van der Waals surface area contributed by atoms with Gasteiger partial charge in [-0.05, 0) is 46.3 Å². The molecular formula is C15H19BrO4. The molecule has 0 aliphatic heterocycles. The lowest BCUT2D eigenvalue weighted by Crippen LogP contribution is -2.22. The van der Waals surface area contributed by atoms with Gasteiger partial charge in [0.05, 0.1) is 24.1 Å². The highest BCUT2D eigenvalue weighted by atomic mass is 79.9. The summed E-state index contributed by atoms with van der Waals surface area (Å²) in [6.45, 7) is 4.07. The first kappa shape index (κ1) is 15.2. The fraction of sp³-hybridized carbons (Fsp3) is 0.533. The third-order valence-corrected chi connectivity index (χ3v) is 4.48. The monoisotopic (exact) mass is 342 g/mol. The first-order valence-corrected chi connectivity index (χ1v) is 7.36. The molecule has 0 atom stereocenters. The Bertz CT molecular complexity index is 547. The average molecular weight is 343 g/mol. The summed E-state index contributed by atoms with van der Waals surface area (Å²) >= 11 is 3.45. The Morgan fingerprint density at radius 2 is 1.85 bits per heavy atom. The summed E-state index contributed by atoms with van der Waals surface area (Å²) in [4.78, 5) is 11.6. The molecule has 4 nitrogen and oxygen atoms in total. The Kier molecular flexibility index (Phi) is 4.00. The molecule has 0 heterocycles. The lowest BCUT2D eigenvalue weighted by atomic mass is 9.85. The molecule has 0 saturated heterocycles. The zero-order valence-corrected chi connectivity index (χ0v) is 13.7. The fourth-order valence-corrected chi connectivity index (χ4v) is 3.28. The number of hydrogen-bond donors (Lipinski definition) is 1. The molecule has 0 amide bonds. The summed E-state index contributed by atoms with van der Waals surface area (Å²) in [5, 5.41) is 9.56. The van der Waals surface area contributed by atoms with Crippen LogP contribution in [0.2, 0.25) is 0 Å². The standard InChI is InChI=1S/C15H19BrO4/c1-8(2)11-9(15(5-6-15)14(17)18)7-10(16)12(19-3)13(11)20-4/h7-8H,5-6H2,1-4H3,(H,17,18). The molecule has 1 fully saturated rings. The van der Waals surface area contributed by atoms with Crippen LogP contribution in [-0.2, 0) is 10.2 Å². The van der Waals surface area contributed by atoms with E-state index in [9.17, 15) is 9.90 Å². The van der Waals surface area contributed by atoms with Crippen molar-refractivity contribution in [3.8, 4) is 11.5 Å². The Morgan fingerprint density at radius 1 is 1.30 bits per heavy atom. The maximum atomic E-state index is 11.6. The van der Waals surface area contributed by atoms with Crippen LogP contribution in [-0.4, -0.2) is 25.3 Å². The number of carboxylic acids is 1. The number of ether oxygens (including phenoxy) is 2. The second-order valence-corrected chi connectivity index (χ2v) is 6.28. The van der Waals surface area contributed by atoms with Crippen LogP contribution < -0.4 is 9.47 Å². The van der Waals surface area contributed by atoms with Gasteiger partial charge in [0.15, 0.2) is 11.5 Å². The van der Waals surface area contributed by atoms with E-state index < -0.39 is 11.4 Å². The fourth-order valence-electron chi connectivity index (χ4n) is 2.71. The van der Waals surface area contributed by atoms with Crippen molar-refractivity contribution in [2.24, 2.45) is 0 Å². The maximum absolute atomic E-state index is 11.6. The van der Waals surface area contributed by atoms with Gasteiger partial charge in [0, 0.05) is 5.56 Å². The van der Waals surface area contributed by atoms with Crippen molar-refractivity contribution < 1.29 is 19.4 Å². The second kappa shape index (κ2) is 5.28. The molecule has 1 N–H and O–H groups in total. The van der Waals surface area contributed by atoms with Crippen LogP contribution in [0.25, 0.3) is 0 Å². The van der Waals surface area contributed by atoms with Crippen molar-refractivity contribution in [2.45, 2.75) is 38.0 Å². The zero-order chi connectivity index (χ0) is 15.1. The van der Waals surface area contributed by atoms with E-state index in [4.69, 9.17) is 9.47 Å². The Morgan fingerprint density at radius 3 is 2.20 bits per heavy atom. The summed E-state index contributed by atoms with van der Waals surface area (Å²) in [6, 6.07) is 1.87. The minimum absolute atomic E-state index is 0.152. The third kappa shape index (κ3) is 2.18. The molecule has 20 heavy (non-hydrogen) atoms. The minimum Gasteiger partial charge on any atom is -0.493 e. The Hall–Kier alpha value is -1.23. The van der Waals surface area contributed by atoms with Crippen LogP contribution in [0, 0.1) is 0 Å². The van der Waals surface area contributed by atoms with Crippen LogP contribution in [0.3, 0.4) is 0 Å². The Labute approximate surface area is 127 Å². The molecule has 1 saturated carbocycles. The van der Waals surface area contributed by atoms with E-state index in [0.717, 1.165) is 15.6 Å². The Balaban J connectivity index is 2.75. The van der Waals surface area contributed by atoms with Gasteiger partial charge < -0.3 is 14.6 Å². The molecule has 0 aromatic heterocycles. The smallest absolute Gasteiger partial charge is 0.314 e. The molecule has 1 aliphatic rings. The lowest BCUT2D eigenvalue weighted by molar-refractivity contribution is -0.140. The molecule has 1 aromatic carbocycles. The van der Waals surface area contributed by atoms with Crippen LogP contribution in [0.5, 0.6) is 11.5 Å². The SMILES string of the molecule is COc1c(Br)cc(C2(C(=O)O)CC2)c(C(C)C)c1OC. The van der Waals surface area contributed by atoms with Crippen LogP contribution in [0.4, 0.5) is 0 Å². The van der Waals surface area contributed by atoms with Gasteiger partial charge in [-0.3, -0.25) is 4.79 Å². The first-order valence-electron chi connectivity index (χ1n) is 6.57. The molecule has 1 aliphatic carbocycles. The van der Waals surface area contributed by atoms with Crippen LogP contribution >= 0.6 is 15.9 Å². The predicted molar refractivity (Wildman–Crippen MR) is 79.9 cm³/mol. The van der Waals surface area contributed by atoms with Gasteiger partial charge in [-0.15, -0.1) is 0 Å². The van der Waals surface area contributed by atoms with Crippen molar-refractivity contribution in [2.75, 3.05) is 14.2 Å². The van der Waals surface area contributed by atoms with Crippen molar-refractivity contribution in [3.63, 3.8) is 0 Å². The molecule has 2 rings (SSSR count). The summed E-state index contributed by atoms with van der Waals surface area (Å²) in [5.74, 6) is 0.623. The van der Waals surface area contributed by atoms with Crippen LogP contribution in [0.1, 0.15) is 43.7 Å². The van der Waals surface area contributed by atoms with E-state index in [1.165, 1.54) is 0 Å². The van der Waals surface area contributed by atoms with Crippen molar-refractivity contribution in [1.82, 2.24) is 0 Å². The molecule has 5 heteroatoms. The lowest BCUT2D eigenvalue weighted by Gasteiger charge is -2.24. The van der Waals surface area contributed by atoms with Crippen molar-refractivity contribution >= 4 is 21.9 Å². The van der Waals surface area contributed by atoms with E-state index >= 15 is 0 Å². The highest BCUT2D eigenvalue weighted by Gasteiger charge is 2.53. The summed E-state index contributed by atoms with van der Waals surface area (Å²) in [5.41, 5.74) is 0.999. The van der Waals surface area contributed by atoms with E-state index in [1.807, 2.05) is 19.9 Å². The number of aliphatic carboxylic acids is 1. The molecule has 0 spiro atoms. The van der Waals surface area contributed by atoms with E-state index in [1.54, 1.807) is 14.2 Å². The molecule has 0 unspecified atom stereocenters. The van der Waals surface area contributed by atoms with E-state index in [2.05, 4.69) is 15.9 Å². The number of hydrogen-bond acceptors (Lipinski definition) is 3. The van der Waals surface area contributed by atoms with Crippen molar-refractivity contribution in [3.05, 3.63) is 21.7 Å². The topological polar surface area (TPSA) is 55.8 Å². The van der Waals surface area contributed by atoms with Gasteiger partial charge in [0.25, 0.3) is 0 Å². The van der Waals surface area contributed by atoms with Gasteiger partial charge in [-0.2, -0.15) is 0 Å². The van der Waals surface area contributed by atoms with Gasteiger partial charge in [-0.1, -0.05) is 13.8 Å². The first-order chi connectivity index (χ1) is 9.39. The van der Waals surface area contributed by atoms with Crippen LogP contribution in [0.15, 0.2) is 10.5 Å². The largest absolute Gasteiger partial charge is 0.493 e. The average Bonchev–Trinajstić information content (AvgIpc) is 3.18. The minimum atomic E-state index is -0.765. The zero-order valence-electron chi connectivity index (χ0n) is 12.1. The summed E-state index contributed by atoms with van der Waals surface area (Å²) < 4.78 is 11.6. The molecular weight excluding hydrogens is 324 g/mol. The highest BCUT2D eigenvalue weighted by Crippen LogP contribution is 2.55. The summed E-state index contributed by atoms with van der Waals surface area (Å²) in [6.07, 6.45) is 1.34. The molecule has 0 bridgehead atoms. The maximum Gasteiger partial charge on any atom is 0.314 e. The highest BCUT2D eigenvalue weighted by molar-refractivity contribution is 9.10. The van der Waals surface area contributed by atoms with E-state index in [-0.39, 0.29) is 5.92 Å². The van der Waals surface area contributed by atoms with E-state index in [0.29, 0.717) is 24.3 Å². The number of rotatable bonds is 5. The predicted octanol–water partition coefficient (Wildman–Crippen LogP) is 3.71. The normalized spacial score (nSPS) is 16.1. The molecule has 110 valence electrons. The van der Waals surface area contributed by atoms with Crippen molar-refractivity contribution in [1.29, 1.82) is 0 Å². The van der Waals surface area contributed by atoms with Gasteiger partial charge in [0.1, 0.15) is 0 Å². The molecule has 0 radical (unpaired) electrons. The quantitative estimate of drug-likeness (QED) is 0.886.